The lowest BCUT2D eigenvalue weighted by Gasteiger charge is -2.03. The van der Waals surface area contributed by atoms with Gasteiger partial charge >= 0.3 is 5.97 Å². The molecule has 1 atom stereocenters. The molecule has 0 saturated heterocycles. The van der Waals surface area contributed by atoms with E-state index in [9.17, 15) is 4.79 Å². The molecule has 0 fully saturated rings. The van der Waals surface area contributed by atoms with Crippen LogP contribution in [0.2, 0.25) is 0 Å². The van der Waals surface area contributed by atoms with Gasteiger partial charge in [-0.15, -0.1) is 0 Å². The van der Waals surface area contributed by atoms with E-state index in [1.165, 1.54) is 6.92 Å². The molecule has 2 aromatic rings. The fourth-order valence-corrected chi connectivity index (χ4v) is 1.43. The molecular formula is C12H10N2O2. The van der Waals surface area contributed by atoms with Crippen molar-refractivity contribution in [3.63, 3.8) is 0 Å². The second-order valence-corrected chi connectivity index (χ2v) is 3.45. The van der Waals surface area contributed by atoms with Gasteiger partial charge in [0.2, 0.25) is 0 Å². The Hall–Kier alpha value is -2.28. The summed E-state index contributed by atoms with van der Waals surface area (Å²) in [6, 6.07) is 11.1. The largest absolute Gasteiger partial charge is 0.443 e. The maximum absolute atomic E-state index is 11.6. The molecule has 80 valence electrons. The number of hydrogen-bond donors (Lipinski definition) is 1. The molecule has 1 N–H and O–H groups in total. The van der Waals surface area contributed by atoms with Crippen molar-refractivity contribution in [2.75, 3.05) is 0 Å². The van der Waals surface area contributed by atoms with E-state index < -0.39 is 12.1 Å². The first-order valence-corrected chi connectivity index (χ1v) is 4.89. The second kappa shape index (κ2) is 4.07. The summed E-state index contributed by atoms with van der Waals surface area (Å²) in [6.07, 6.45) is -0.737. The molecule has 1 heterocycles. The number of carbonyl (C=O) groups is 1. The van der Waals surface area contributed by atoms with E-state index in [4.69, 9.17) is 10.00 Å². The van der Waals surface area contributed by atoms with Crippen LogP contribution in [0.3, 0.4) is 0 Å². The minimum atomic E-state index is -0.737. The highest BCUT2D eigenvalue weighted by atomic mass is 16.5. The number of hydrogen-bond acceptors (Lipinski definition) is 3. The third-order valence-electron chi connectivity index (χ3n) is 2.22. The SMILES string of the molecule is CC(C#N)OC(=O)c1cc2ccccc2[nH]1. The third kappa shape index (κ3) is 1.89. The van der Waals surface area contributed by atoms with Gasteiger partial charge in [-0.25, -0.2) is 4.79 Å². The van der Waals surface area contributed by atoms with Crippen LogP contribution in [-0.2, 0) is 4.74 Å². The van der Waals surface area contributed by atoms with Crippen LogP contribution >= 0.6 is 0 Å². The minimum Gasteiger partial charge on any atom is -0.443 e. The number of nitrogens with one attached hydrogen (secondary N) is 1. The van der Waals surface area contributed by atoms with Crippen LogP contribution in [0.4, 0.5) is 0 Å². The lowest BCUT2D eigenvalue weighted by atomic mass is 10.2. The molecule has 16 heavy (non-hydrogen) atoms. The number of para-hydroxylation sites is 1. The number of nitriles is 1. The highest BCUT2D eigenvalue weighted by molar-refractivity contribution is 5.94. The van der Waals surface area contributed by atoms with Crippen molar-refractivity contribution in [1.82, 2.24) is 4.98 Å². The Bertz CT molecular complexity index is 533. The van der Waals surface area contributed by atoms with E-state index in [1.807, 2.05) is 30.3 Å². The average molecular weight is 214 g/mol. The first-order valence-electron chi connectivity index (χ1n) is 4.89. The smallest absolute Gasteiger partial charge is 0.356 e. The van der Waals surface area contributed by atoms with Gasteiger partial charge in [-0.2, -0.15) is 5.26 Å². The van der Waals surface area contributed by atoms with E-state index in [0.29, 0.717) is 5.69 Å². The summed E-state index contributed by atoms with van der Waals surface area (Å²) < 4.78 is 4.88. The lowest BCUT2D eigenvalue weighted by molar-refractivity contribution is 0.0429. The highest BCUT2D eigenvalue weighted by Gasteiger charge is 2.13. The van der Waals surface area contributed by atoms with Crippen LogP contribution in [0.25, 0.3) is 10.9 Å². The Morgan fingerprint density at radius 3 is 2.94 bits per heavy atom. The number of nitrogens with zero attached hydrogens (tertiary/aromatic N) is 1. The fraction of sp³-hybridized carbons (Fsp3) is 0.167. The summed E-state index contributed by atoms with van der Waals surface area (Å²) in [5, 5.41) is 9.48. The monoisotopic (exact) mass is 214 g/mol. The highest BCUT2D eigenvalue weighted by Crippen LogP contribution is 2.15. The molecule has 0 amide bonds. The molecule has 0 aliphatic carbocycles. The molecule has 0 saturated carbocycles. The van der Waals surface area contributed by atoms with E-state index in [0.717, 1.165) is 10.9 Å². The number of aromatic amines is 1. The quantitative estimate of drug-likeness (QED) is 0.779. The van der Waals surface area contributed by atoms with Gasteiger partial charge in [-0.05, 0) is 19.1 Å². The molecule has 4 nitrogen and oxygen atoms in total. The van der Waals surface area contributed by atoms with Crippen LogP contribution in [0.1, 0.15) is 17.4 Å². The summed E-state index contributed by atoms with van der Waals surface area (Å²) in [5.74, 6) is -0.509. The van der Waals surface area contributed by atoms with Crippen molar-refractivity contribution in [2.24, 2.45) is 0 Å². The molecule has 0 aliphatic heterocycles. The standard InChI is InChI=1S/C12H10N2O2/c1-8(7-13)16-12(15)11-6-9-4-2-3-5-10(9)14-11/h2-6,8,14H,1H3. The van der Waals surface area contributed by atoms with Crippen LogP contribution in [0.15, 0.2) is 30.3 Å². The molecular weight excluding hydrogens is 204 g/mol. The van der Waals surface area contributed by atoms with Gasteiger partial charge in [-0.1, -0.05) is 18.2 Å². The second-order valence-electron chi connectivity index (χ2n) is 3.45. The Labute approximate surface area is 92.4 Å². The van der Waals surface area contributed by atoms with Crippen molar-refractivity contribution in [3.8, 4) is 6.07 Å². The Morgan fingerprint density at radius 2 is 2.25 bits per heavy atom. The summed E-state index contributed by atoms with van der Waals surface area (Å²) in [4.78, 5) is 14.5. The Kier molecular flexibility index (Phi) is 2.61. The summed E-state index contributed by atoms with van der Waals surface area (Å²) in [5.41, 5.74) is 1.24. The third-order valence-corrected chi connectivity index (χ3v) is 2.22. The maximum Gasteiger partial charge on any atom is 0.356 e. The summed E-state index contributed by atoms with van der Waals surface area (Å²) in [6.45, 7) is 1.53. The van der Waals surface area contributed by atoms with Crippen LogP contribution in [0, 0.1) is 11.3 Å². The maximum atomic E-state index is 11.6. The van der Waals surface area contributed by atoms with Crippen LogP contribution in [-0.4, -0.2) is 17.1 Å². The molecule has 4 heteroatoms. The number of fused-ring (bicyclic) bond motifs is 1. The first kappa shape index (κ1) is 10.2. The molecule has 0 bridgehead atoms. The Morgan fingerprint density at radius 1 is 1.50 bits per heavy atom. The average Bonchev–Trinajstić information content (AvgIpc) is 2.72. The molecule has 1 aromatic carbocycles. The van der Waals surface area contributed by atoms with Crippen molar-refractivity contribution < 1.29 is 9.53 Å². The zero-order valence-electron chi connectivity index (χ0n) is 8.73. The number of ether oxygens (including phenoxy) is 1. The summed E-state index contributed by atoms with van der Waals surface area (Å²) >= 11 is 0. The zero-order valence-corrected chi connectivity index (χ0v) is 8.73. The van der Waals surface area contributed by atoms with Gasteiger partial charge in [-0.3, -0.25) is 0 Å². The van der Waals surface area contributed by atoms with Gasteiger partial charge in [0, 0.05) is 10.9 Å². The Balaban J connectivity index is 2.27. The fourth-order valence-electron chi connectivity index (χ4n) is 1.43. The van der Waals surface area contributed by atoms with Crippen molar-refractivity contribution in [2.45, 2.75) is 13.0 Å². The zero-order chi connectivity index (χ0) is 11.5. The van der Waals surface area contributed by atoms with E-state index in [2.05, 4.69) is 4.98 Å². The van der Waals surface area contributed by atoms with Crippen molar-refractivity contribution in [3.05, 3.63) is 36.0 Å². The predicted octanol–water partition coefficient (Wildman–Crippen LogP) is 2.24. The minimum absolute atomic E-state index is 0.364. The van der Waals surface area contributed by atoms with Crippen LogP contribution in [0.5, 0.6) is 0 Å². The van der Waals surface area contributed by atoms with Gasteiger partial charge in [0.05, 0.1) is 0 Å². The van der Waals surface area contributed by atoms with E-state index >= 15 is 0 Å². The topological polar surface area (TPSA) is 65.9 Å². The molecule has 0 radical (unpaired) electrons. The number of rotatable bonds is 2. The van der Waals surface area contributed by atoms with Gasteiger partial charge < -0.3 is 9.72 Å². The van der Waals surface area contributed by atoms with E-state index in [-0.39, 0.29) is 0 Å². The van der Waals surface area contributed by atoms with Crippen molar-refractivity contribution >= 4 is 16.9 Å². The number of carbonyl (C=O) groups excluding carboxylic acids is 1. The molecule has 1 unspecified atom stereocenters. The van der Waals surface area contributed by atoms with E-state index in [1.54, 1.807) is 6.07 Å². The van der Waals surface area contributed by atoms with Gasteiger partial charge in [0.15, 0.2) is 6.10 Å². The predicted molar refractivity (Wildman–Crippen MR) is 58.8 cm³/mol. The first-order chi connectivity index (χ1) is 7.70. The van der Waals surface area contributed by atoms with Crippen molar-refractivity contribution in [1.29, 1.82) is 5.26 Å². The molecule has 2 rings (SSSR count). The number of aromatic nitrogens is 1. The number of H-pyrrole nitrogens is 1. The molecule has 0 aliphatic rings. The van der Waals surface area contributed by atoms with Crippen LogP contribution < -0.4 is 0 Å². The number of benzene rings is 1. The summed E-state index contributed by atoms with van der Waals surface area (Å²) in [7, 11) is 0. The molecule has 0 spiro atoms. The van der Waals surface area contributed by atoms with Gasteiger partial charge in [0.1, 0.15) is 11.8 Å². The lowest BCUT2D eigenvalue weighted by Crippen LogP contribution is -2.13. The van der Waals surface area contributed by atoms with Gasteiger partial charge in [0.25, 0.3) is 0 Å². The number of esters is 1. The normalized spacial score (nSPS) is 12.0. The molecule has 1 aromatic heterocycles.